The Kier molecular flexibility index (Phi) is 8.63. The fourth-order valence-electron chi connectivity index (χ4n) is 1.90. The number of halogens is 1. The van der Waals surface area contributed by atoms with Gasteiger partial charge >= 0.3 is 5.97 Å². The average molecular weight is 468 g/mol. The summed E-state index contributed by atoms with van der Waals surface area (Å²) in [7, 11) is -2.54. The van der Waals surface area contributed by atoms with Crippen molar-refractivity contribution in [2.75, 3.05) is 13.7 Å². The van der Waals surface area contributed by atoms with Crippen molar-refractivity contribution in [1.29, 1.82) is 0 Å². The maximum atomic E-state index is 12.1. The molecular formula is C15H21IN2O5S. The molecule has 0 radical (unpaired) electrons. The number of esters is 1. The van der Waals surface area contributed by atoms with Gasteiger partial charge in [0.2, 0.25) is 15.9 Å². The lowest BCUT2D eigenvalue weighted by Crippen LogP contribution is -2.45. The number of nitrogens with one attached hydrogen (secondary N) is 2. The molecule has 0 spiro atoms. The molecule has 1 rings (SSSR count). The Bertz CT molecular complexity index is 661. The Labute approximate surface area is 155 Å². The van der Waals surface area contributed by atoms with Crippen LogP contribution in [-0.2, 0) is 24.3 Å². The summed E-state index contributed by atoms with van der Waals surface area (Å²) in [5.74, 6) is -1.13. The van der Waals surface area contributed by atoms with Gasteiger partial charge in [0.1, 0.15) is 6.04 Å². The van der Waals surface area contributed by atoms with E-state index < -0.39 is 34.5 Å². The van der Waals surface area contributed by atoms with Crippen LogP contribution in [0.25, 0.3) is 0 Å². The van der Waals surface area contributed by atoms with Crippen LogP contribution < -0.4 is 10.0 Å². The molecule has 7 nitrogen and oxygen atoms in total. The van der Waals surface area contributed by atoms with Gasteiger partial charge in [0.15, 0.2) is 0 Å². The number of amides is 1. The van der Waals surface area contributed by atoms with Gasteiger partial charge in [-0.2, -0.15) is 0 Å². The first-order valence-corrected chi connectivity index (χ1v) is 9.98. The van der Waals surface area contributed by atoms with E-state index >= 15 is 0 Å². The summed E-state index contributed by atoms with van der Waals surface area (Å²) >= 11 is 2.07. The number of sulfonamides is 1. The number of methoxy groups -OCH3 is 1. The predicted octanol–water partition coefficient (Wildman–Crippen LogP) is 1.42. The van der Waals surface area contributed by atoms with Crippen LogP contribution in [0, 0.1) is 3.57 Å². The van der Waals surface area contributed by atoms with Crippen molar-refractivity contribution < 1.29 is 22.7 Å². The molecule has 1 amide bonds. The molecule has 0 saturated carbocycles. The maximum Gasteiger partial charge on any atom is 0.328 e. The predicted molar refractivity (Wildman–Crippen MR) is 97.8 cm³/mol. The SMILES string of the molecule is CCCCC(NC(=O)CNS(=O)(=O)c1ccc(I)cc1)C(=O)OC. The van der Waals surface area contributed by atoms with Crippen molar-refractivity contribution in [3.05, 3.63) is 27.8 Å². The molecule has 1 aromatic carbocycles. The van der Waals surface area contributed by atoms with Crippen molar-refractivity contribution in [3.63, 3.8) is 0 Å². The Morgan fingerprint density at radius 1 is 1.25 bits per heavy atom. The van der Waals surface area contributed by atoms with Crippen molar-refractivity contribution in [2.45, 2.75) is 37.1 Å². The first-order valence-electron chi connectivity index (χ1n) is 7.42. The third kappa shape index (κ3) is 6.73. The summed E-state index contributed by atoms with van der Waals surface area (Å²) in [6.45, 7) is 1.51. The van der Waals surface area contributed by atoms with E-state index in [0.29, 0.717) is 6.42 Å². The van der Waals surface area contributed by atoms with Crippen LogP contribution >= 0.6 is 22.6 Å². The number of ether oxygens (including phenoxy) is 1. The Balaban J connectivity index is 2.63. The fraction of sp³-hybridized carbons (Fsp3) is 0.467. The largest absolute Gasteiger partial charge is 0.467 e. The first kappa shape index (κ1) is 20.8. The number of carbonyl (C=O) groups is 2. The lowest BCUT2D eigenvalue weighted by molar-refractivity contribution is -0.145. The summed E-state index contributed by atoms with van der Waals surface area (Å²) in [6.07, 6.45) is 2.05. The van der Waals surface area contributed by atoms with E-state index in [-0.39, 0.29) is 4.90 Å². The fourth-order valence-corrected chi connectivity index (χ4v) is 3.24. The summed E-state index contributed by atoms with van der Waals surface area (Å²) < 4.78 is 32.0. The lowest BCUT2D eigenvalue weighted by Gasteiger charge is -2.16. The van der Waals surface area contributed by atoms with Crippen LogP contribution in [0.2, 0.25) is 0 Å². The first-order chi connectivity index (χ1) is 11.3. The molecule has 24 heavy (non-hydrogen) atoms. The lowest BCUT2D eigenvalue weighted by atomic mass is 10.1. The molecule has 0 aromatic heterocycles. The second-order valence-electron chi connectivity index (χ2n) is 5.06. The highest BCUT2D eigenvalue weighted by Gasteiger charge is 2.22. The Morgan fingerprint density at radius 2 is 1.88 bits per heavy atom. The van der Waals surface area contributed by atoms with Crippen LogP contribution in [-0.4, -0.2) is 40.0 Å². The average Bonchev–Trinajstić information content (AvgIpc) is 2.56. The van der Waals surface area contributed by atoms with E-state index in [9.17, 15) is 18.0 Å². The zero-order valence-electron chi connectivity index (χ0n) is 13.5. The quantitative estimate of drug-likeness (QED) is 0.422. The minimum absolute atomic E-state index is 0.0752. The topological polar surface area (TPSA) is 102 Å². The number of benzene rings is 1. The summed E-state index contributed by atoms with van der Waals surface area (Å²) in [4.78, 5) is 23.6. The molecule has 1 atom stereocenters. The Morgan fingerprint density at radius 3 is 2.42 bits per heavy atom. The van der Waals surface area contributed by atoms with Gasteiger partial charge in [-0.1, -0.05) is 19.8 Å². The standard InChI is InChI=1S/C15H21IN2O5S/c1-3-4-5-13(15(20)23-2)18-14(19)10-17-24(21,22)12-8-6-11(16)7-9-12/h6-9,13,17H,3-5,10H2,1-2H3,(H,18,19). The van der Waals surface area contributed by atoms with Crippen LogP contribution in [0.15, 0.2) is 29.2 Å². The van der Waals surface area contributed by atoms with Gasteiger partial charge in [-0.05, 0) is 53.3 Å². The molecule has 1 unspecified atom stereocenters. The van der Waals surface area contributed by atoms with Crippen molar-refractivity contribution in [3.8, 4) is 0 Å². The zero-order valence-corrected chi connectivity index (χ0v) is 16.5. The number of hydrogen-bond donors (Lipinski definition) is 2. The Hall–Kier alpha value is -1.20. The van der Waals surface area contributed by atoms with Gasteiger partial charge in [-0.15, -0.1) is 0 Å². The van der Waals surface area contributed by atoms with Gasteiger partial charge < -0.3 is 10.1 Å². The number of unbranched alkanes of at least 4 members (excludes halogenated alkanes) is 1. The molecule has 2 N–H and O–H groups in total. The van der Waals surface area contributed by atoms with E-state index in [1.165, 1.54) is 19.2 Å². The molecular weight excluding hydrogens is 447 g/mol. The normalized spacial score (nSPS) is 12.5. The van der Waals surface area contributed by atoms with Crippen LogP contribution in [0.5, 0.6) is 0 Å². The van der Waals surface area contributed by atoms with Crippen molar-refractivity contribution >= 4 is 44.5 Å². The molecule has 134 valence electrons. The van der Waals surface area contributed by atoms with Gasteiger partial charge in [0.05, 0.1) is 18.6 Å². The highest BCUT2D eigenvalue weighted by Crippen LogP contribution is 2.11. The molecule has 9 heteroatoms. The van der Waals surface area contributed by atoms with Gasteiger partial charge in [0, 0.05) is 3.57 Å². The molecule has 0 aliphatic heterocycles. The monoisotopic (exact) mass is 468 g/mol. The second-order valence-corrected chi connectivity index (χ2v) is 8.08. The highest BCUT2D eigenvalue weighted by molar-refractivity contribution is 14.1. The van der Waals surface area contributed by atoms with E-state index in [1.54, 1.807) is 12.1 Å². The van der Waals surface area contributed by atoms with Crippen LogP contribution in [0.4, 0.5) is 0 Å². The van der Waals surface area contributed by atoms with Crippen molar-refractivity contribution in [2.24, 2.45) is 0 Å². The minimum Gasteiger partial charge on any atom is -0.467 e. The molecule has 0 saturated heterocycles. The molecule has 1 aromatic rings. The molecule has 0 aliphatic rings. The van der Waals surface area contributed by atoms with E-state index in [1.807, 2.05) is 6.92 Å². The second kappa shape index (κ2) is 9.94. The molecule has 0 heterocycles. The summed E-state index contributed by atoms with van der Waals surface area (Å²) in [6, 6.07) is 5.46. The van der Waals surface area contributed by atoms with E-state index in [2.05, 4.69) is 37.4 Å². The van der Waals surface area contributed by atoms with Gasteiger partial charge in [-0.25, -0.2) is 17.9 Å². The van der Waals surface area contributed by atoms with Crippen molar-refractivity contribution in [1.82, 2.24) is 10.0 Å². The summed E-state index contributed by atoms with van der Waals surface area (Å²) in [5, 5.41) is 2.49. The number of carbonyl (C=O) groups excluding carboxylic acids is 2. The summed E-state index contributed by atoms with van der Waals surface area (Å²) in [5.41, 5.74) is 0. The number of rotatable bonds is 9. The third-order valence-corrected chi connectivity index (χ3v) is 5.35. The van der Waals surface area contributed by atoms with E-state index in [0.717, 1.165) is 16.4 Å². The third-order valence-electron chi connectivity index (χ3n) is 3.21. The molecule has 0 aliphatic carbocycles. The molecule has 0 fully saturated rings. The van der Waals surface area contributed by atoms with Gasteiger partial charge in [0.25, 0.3) is 0 Å². The highest BCUT2D eigenvalue weighted by atomic mass is 127. The number of hydrogen-bond acceptors (Lipinski definition) is 5. The van der Waals surface area contributed by atoms with Gasteiger partial charge in [-0.3, -0.25) is 4.79 Å². The van der Waals surface area contributed by atoms with Crippen LogP contribution in [0.1, 0.15) is 26.2 Å². The zero-order chi connectivity index (χ0) is 18.2. The minimum atomic E-state index is -3.78. The van der Waals surface area contributed by atoms with E-state index in [4.69, 9.17) is 0 Å². The maximum absolute atomic E-state index is 12.1. The molecule has 0 bridgehead atoms. The smallest absolute Gasteiger partial charge is 0.328 e. The van der Waals surface area contributed by atoms with Crippen LogP contribution in [0.3, 0.4) is 0 Å².